The molecule has 0 saturated heterocycles. The summed E-state index contributed by atoms with van der Waals surface area (Å²) < 4.78 is 5.59. The molecule has 0 spiro atoms. The molecule has 1 aliphatic rings. The lowest BCUT2D eigenvalue weighted by Crippen LogP contribution is -2.37. The fraction of sp³-hybridized carbons (Fsp3) is 0.269. The summed E-state index contributed by atoms with van der Waals surface area (Å²) in [6.07, 6.45) is 4.76. The second-order valence-electron chi connectivity index (χ2n) is 7.91. The van der Waals surface area contributed by atoms with Gasteiger partial charge in [0, 0.05) is 24.1 Å². The minimum atomic E-state index is -0.630. The molecule has 0 aromatic heterocycles. The van der Waals surface area contributed by atoms with Gasteiger partial charge in [-0.3, -0.25) is 9.59 Å². The van der Waals surface area contributed by atoms with Gasteiger partial charge in [0.15, 0.2) is 0 Å². The first-order valence-electron chi connectivity index (χ1n) is 10.8. The predicted octanol–water partition coefficient (Wildman–Crippen LogP) is 4.27. The minimum Gasteiger partial charge on any atom is -0.452 e. The summed E-state index contributed by atoms with van der Waals surface area (Å²) in [5, 5.41) is 6.34. The van der Waals surface area contributed by atoms with E-state index in [0.717, 1.165) is 11.1 Å². The second-order valence-corrected chi connectivity index (χ2v) is 8.35. The Bertz CT molecular complexity index is 1030. The van der Waals surface area contributed by atoms with Crippen LogP contribution in [0, 0.1) is 5.92 Å². The van der Waals surface area contributed by atoms with Crippen LogP contribution < -0.4 is 10.6 Å². The predicted molar refractivity (Wildman–Crippen MR) is 127 cm³/mol. The van der Waals surface area contributed by atoms with E-state index in [2.05, 4.69) is 10.6 Å². The van der Waals surface area contributed by atoms with Crippen LogP contribution in [0.5, 0.6) is 0 Å². The van der Waals surface area contributed by atoms with Gasteiger partial charge in [-0.1, -0.05) is 66.2 Å². The van der Waals surface area contributed by atoms with E-state index in [4.69, 9.17) is 16.3 Å². The Morgan fingerprint density at radius 3 is 2.58 bits per heavy atom. The topological polar surface area (TPSA) is 84.5 Å². The van der Waals surface area contributed by atoms with Crippen molar-refractivity contribution in [1.29, 1.82) is 0 Å². The molecular formula is C26H27ClN2O4. The van der Waals surface area contributed by atoms with Crippen molar-refractivity contribution in [1.82, 2.24) is 10.6 Å². The van der Waals surface area contributed by atoms with Crippen molar-refractivity contribution in [2.24, 2.45) is 5.92 Å². The van der Waals surface area contributed by atoms with Crippen molar-refractivity contribution in [2.45, 2.75) is 32.4 Å². The molecule has 0 aliphatic carbocycles. The number of rotatable bonds is 5. The number of nitrogens with one attached hydrogen (secondary N) is 2. The number of cyclic esters (lactones) is 1. The summed E-state index contributed by atoms with van der Waals surface area (Å²) in [6.45, 7) is 2.26. The zero-order chi connectivity index (χ0) is 23.6. The zero-order valence-corrected chi connectivity index (χ0v) is 19.2. The third-order valence-corrected chi connectivity index (χ3v) is 5.50. The van der Waals surface area contributed by atoms with Gasteiger partial charge in [-0.05, 0) is 42.2 Å². The van der Waals surface area contributed by atoms with E-state index in [1.165, 1.54) is 6.08 Å². The van der Waals surface area contributed by atoms with Crippen LogP contribution in [0.1, 0.15) is 37.0 Å². The van der Waals surface area contributed by atoms with Crippen molar-refractivity contribution in [3.63, 3.8) is 0 Å². The molecule has 0 unspecified atom stereocenters. The number of benzene rings is 2. The maximum absolute atomic E-state index is 12.9. The number of halogens is 1. The maximum Gasteiger partial charge on any atom is 0.331 e. The molecule has 1 aliphatic heterocycles. The van der Waals surface area contributed by atoms with Gasteiger partial charge in [0.05, 0.1) is 12.5 Å². The van der Waals surface area contributed by atoms with Crippen molar-refractivity contribution < 1.29 is 19.1 Å². The Hall–Kier alpha value is -3.38. The van der Waals surface area contributed by atoms with Gasteiger partial charge < -0.3 is 15.4 Å². The summed E-state index contributed by atoms with van der Waals surface area (Å²) in [6, 6.07) is 16.5. The standard InChI is InChI=1S/C26H27ClN2O4/c1-18-6-5-9-21(15-24(30)28-16-19-10-12-22(27)13-11-19)26(32)29-17-23(33-25(31)14-18)20-7-3-2-4-8-20/h2-8,10-14,21,23H,9,15-17H2,1H3,(H,28,30)(H,29,32)/t21-,23+/m1/s1. The number of hydrogen-bond donors (Lipinski definition) is 2. The van der Waals surface area contributed by atoms with Gasteiger partial charge in [-0.2, -0.15) is 0 Å². The first-order chi connectivity index (χ1) is 15.9. The Morgan fingerprint density at radius 2 is 1.85 bits per heavy atom. The summed E-state index contributed by atoms with van der Waals surface area (Å²) in [7, 11) is 0. The SMILES string of the molecule is CC1=CC(=O)O[C@H](c2ccccc2)CNC(=O)[C@@H](CC(=O)NCc2ccc(Cl)cc2)CC=C1. The van der Waals surface area contributed by atoms with Crippen LogP contribution in [-0.4, -0.2) is 24.3 Å². The molecule has 2 N–H and O–H groups in total. The van der Waals surface area contributed by atoms with Crippen molar-refractivity contribution in [3.8, 4) is 0 Å². The Morgan fingerprint density at radius 1 is 1.12 bits per heavy atom. The molecule has 0 saturated carbocycles. The van der Waals surface area contributed by atoms with Crippen molar-refractivity contribution in [3.05, 3.63) is 94.5 Å². The average Bonchev–Trinajstić information content (AvgIpc) is 2.80. The lowest BCUT2D eigenvalue weighted by molar-refractivity contribution is -0.144. The van der Waals surface area contributed by atoms with Crippen LogP contribution in [0.4, 0.5) is 0 Å². The molecular weight excluding hydrogens is 440 g/mol. The van der Waals surface area contributed by atoms with Crippen LogP contribution >= 0.6 is 11.6 Å². The average molecular weight is 467 g/mol. The molecule has 6 nitrogen and oxygen atoms in total. The van der Waals surface area contributed by atoms with E-state index in [-0.39, 0.29) is 24.8 Å². The van der Waals surface area contributed by atoms with Gasteiger partial charge in [0.25, 0.3) is 0 Å². The molecule has 2 atom stereocenters. The van der Waals surface area contributed by atoms with Gasteiger partial charge in [0.1, 0.15) is 6.10 Å². The second kappa shape index (κ2) is 12.0. The molecule has 0 radical (unpaired) electrons. The lowest BCUT2D eigenvalue weighted by Gasteiger charge is -2.21. The highest BCUT2D eigenvalue weighted by Crippen LogP contribution is 2.19. The summed E-state index contributed by atoms with van der Waals surface area (Å²) in [5.74, 6) is -1.51. The minimum absolute atomic E-state index is 0.0440. The molecule has 0 bridgehead atoms. The number of allylic oxidation sites excluding steroid dienone is 3. The van der Waals surface area contributed by atoms with Crippen LogP contribution in [0.3, 0.4) is 0 Å². The third-order valence-electron chi connectivity index (χ3n) is 5.24. The van der Waals surface area contributed by atoms with Gasteiger partial charge in [0.2, 0.25) is 11.8 Å². The van der Waals surface area contributed by atoms with E-state index in [9.17, 15) is 14.4 Å². The van der Waals surface area contributed by atoms with Gasteiger partial charge >= 0.3 is 5.97 Å². The van der Waals surface area contributed by atoms with E-state index < -0.39 is 18.0 Å². The zero-order valence-electron chi connectivity index (χ0n) is 18.4. The van der Waals surface area contributed by atoms with Crippen LogP contribution in [0.2, 0.25) is 5.02 Å². The van der Waals surface area contributed by atoms with Gasteiger partial charge in [-0.15, -0.1) is 0 Å². The fourth-order valence-corrected chi connectivity index (χ4v) is 3.57. The maximum atomic E-state index is 12.9. The first-order valence-corrected chi connectivity index (χ1v) is 11.2. The summed E-state index contributed by atoms with van der Waals surface area (Å²) in [5.41, 5.74) is 2.41. The molecule has 0 fully saturated rings. The molecule has 2 aromatic rings. The van der Waals surface area contributed by atoms with E-state index >= 15 is 0 Å². The van der Waals surface area contributed by atoms with Crippen LogP contribution in [0.15, 0.2) is 78.4 Å². The van der Waals surface area contributed by atoms with Crippen LogP contribution in [-0.2, 0) is 25.7 Å². The molecule has 1 heterocycles. The van der Waals surface area contributed by atoms with Crippen LogP contribution in [0.25, 0.3) is 0 Å². The van der Waals surface area contributed by atoms with E-state index in [1.807, 2.05) is 42.5 Å². The molecule has 3 rings (SSSR count). The Labute approximate surface area is 198 Å². The highest BCUT2D eigenvalue weighted by molar-refractivity contribution is 6.30. The first kappa shape index (κ1) is 24.3. The summed E-state index contributed by atoms with van der Waals surface area (Å²) in [4.78, 5) is 37.8. The smallest absolute Gasteiger partial charge is 0.331 e. The monoisotopic (exact) mass is 466 g/mol. The quantitative estimate of drug-likeness (QED) is 0.644. The number of esters is 1. The molecule has 172 valence electrons. The largest absolute Gasteiger partial charge is 0.452 e. The molecule has 33 heavy (non-hydrogen) atoms. The number of amides is 2. The third kappa shape index (κ3) is 7.91. The highest BCUT2D eigenvalue weighted by Gasteiger charge is 2.24. The van der Waals surface area contributed by atoms with Gasteiger partial charge in [-0.25, -0.2) is 4.79 Å². The highest BCUT2D eigenvalue weighted by atomic mass is 35.5. The molecule has 2 amide bonds. The van der Waals surface area contributed by atoms with E-state index in [1.54, 1.807) is 31.2 Å². The number of carbonyl (C=O) groups excluding carboxylic acids is 3. The fourth-order valence-electron chi connectivity index (χ4n) is 3.44. The lowest BCUT2D eigenvalue weighted by atomic mass is 9.98. The number of carbonyl (C=O) groups is 3. The Balaban J connectivity index is 1.69. The number of hydrogen-bond acceptors (Lipinski definition) is 4. The molecule has 7 heteroatoms. The summed E-state index contributed by atoms with van der Waals surface area (Å²) >= 11 is 5.89. The van der Waals surface area contributed by atoms with Crippen molar-refractivity contribution >= 4 is 29.4 Å². The Kier molecular flexibility index (Phi) is 8.84. The number of ether oxygens (including phenoxy) is 1. The molecule has 2 aromatic carbocycles. The normalized spacial score (nSPS) is 19.4. The van der Waals surface area contributed by atoms with E-state index in [0.29, 0.717) is 23.6 Å². The van der Waals surface area contributed by atoms with Crippen molar-refractivity contribution in [2.75, 3.05) is 6.54 Å².